The molecule has 4 fully saturated rings. The molecule has 4 aliphatic rings. The van der Waals surface area contributed by atoms with Crippen molar-refractivity contribution >= 4 is 5.91 Å². The molecule has 1 atom stereocenters. The molecular formula is C23H26FNO2. The van der Waals surface area contributed by atoms with Crippen LogP contribution in [0.3, 0.4) is 0 Å². The van der Waals surface area contributed by atoms with Crippen molar-refractivity contribution in [1.29, 1.82) is 0 Å². The Morgan fingerprint density at radius 3 is 2.22 bits per heavy atom. The summed E-state index contributed by atoms with van der Waals surface area (Å²) in [7, 11) is 0. The molecular weight excluding hydrogens is 341 g/mol. The predicted octanol–water partition coefficient (Wildman–Crippen LogP) is 5.42. The minimum Gasteiger partial charge on any atom is -0.451 e. The van der Waals surface area contributed by atoms with E-state index in [4.69, 9.17) is 4.42 Å². The number of nitrogens with one attached hydrogen (secondary N) is 1. The molecule has 0 spiro atoms. The Hall–Kier alpha value is -2.10. The summed E-state index contributed by atoms with van der Waals surface area (Å²) in [6.45, 7) is 2.18. The van der Waals surface area contributed by atoms with Crippen molar-refractivity contribution in [2.75, 3.05) is 0 Å². The number of halogens is 1. The van der Waals surface area contributed by atoms with E-state index in [-0.39, 0.29) is 23.2 Å². The second kappa shape index (κ2) is 6.22. The molecule has 0 aliphatic heterocycles. The van der Waals surface area contributed by atoms with Gasteiger partial charge in [-0.15, -0.1) is 0 Å². The van der Waals surface area contributed by atoms with Crippen LogP contribution in [0.5, 0.6) is 0 Å². The zero-order chi connectivity index (χ0) is 18.6. The Balaban J connectivity index is 1.30. The predicted molar refractivity (Wildman–Crippen MR) is 102 cm³/mol. The fourth-order valence-electron chi connectivity index (χ4n) is 6.36. The second-order valence-electron chi connectivity index (χ2n) is 9.15. The highest BCUT2D eigenvalue weighted by Crippen LogP contribution is 2.61. The Bertz CT molecular complexity index is 818. The van der Waals surface area contributed by atoms with Crippen LogP contribution in [0, 0.1) is 29.0 Å². The van der Waals surface area contributed by atoms with Crippen LogP contribution >= 0.6 is 0 Å². The summed E-state index contributed by atoms with van der Waals surface area (Å²) in [6.07, 6.45) is 8.00. The van der Waals surface area contributed by atoms with Gasteiger partial charge in [0.1, 0.15) is 11.6 Å². The van der Waals surface area contributed by atoms with Crippen molar-refractivity contribution in [2.45, 2.75) is 51.5 Å². The molecule has 1 N–H and O–H groups in total. The number of carbonyl (C=O) groups is 1. The zero-order valence-electron chi connectivity index (χ0n) is 15.7. The van der Waals surface area contributed by atoms with Crippen LogP contribution in [0.25, 0.3) is 11.3 Å². The molecule has 0 radical (unpaired) electrons. The first-order valence-corrected chi connectivity index (χ1v) is 10.2. The maximum Gasteiger partial charge on any atom is 0.287 e. The molecule has 3 nitrogen and oxygen atoms in total. The van der Waals surface area contributed by atoms with Crippen molar-refractivity contribution in [3.63, 3.8) is 0 Å². The largest absolute Gasteiger partial charge is 0.451 e. The summed E-state index contributed by atoms with van der Waals surface area (Å²) >= 11 is 0. The molecule has 1 aromatic heterocycles. The Kier molecular flexibility index (Phi) is 3.92. The number of amides is 1. The molecule has 1 aromatic carbocycles. The van der Waals surface area contributed by atoms with Crippen LogP contribution in [-0.2, 0) is 0 Å². The number of rotatable bonds is 4. The van der Waals surface area contributed by atoms with Gasteiger partial charge >= 0.3 is 0 Å². The minimum atomic E-state index is -0.285. The number of furan rings is 1. The number of hydrogen-bond acceptors (Lipinski definition) is 2. The average molecular weight is 367 g/mol. The Labute approximate surface area is 159 Å². The molecule has 4 aliphatic carbocycles. The first-order chi connectivity index (χ1) is 13.0. The van der Waals surface area contributed by atoms with Gasteiger partial charge in [0, 0.05) is 11.6 Å². The first kappa shape index (κ1) is 17.0. The maximum absolute atomic E-state index is 13.1. The number of hydrogen-bond donors (Lipinski definition) is 1. The quantitative estimate of drug-likeness (QED) is 0.784. The summed E-state index contributed by atoms with van der Waals surface area (Å²) < 4.78 is 18.9. The second-order valence-corrected chi connectivity index (χ2v) is 9.15. The molecule has 4 saturated carbocycles. The summed E-state index contributed by atoms with van der Waals surface area (Å²) in [4.78, 5) is 12.8. The van der Waals surface area contributed by atoms with E-state index in [0.29, 0.717) is 11.5 Å². The third kappa shape index (κ3) is 2.99. The lowest BCUT2D eigenvalue weighted by Crippen LogP contribution is -2.55. The highest BCUT2D eigenvalue weighted by atomic mass is 19.1. The highest BCUT2D eigenvalue weighted by molar-refractivity contribution is 5.92. The number of benzene rings is 1. The standard InChI is InChI=1S/C23H26FNO2/c1-14(23-11-15-8-16(12-23)10-17(9-15)13-23)25-22(26)21-7-6-20(27-21)18-2-4-19(24)5-3-18/h2-7,14-17H,8-13H2,1H3,(H,25,26). The van der Waals surface area contributed by atoms with Gasteiger partial charge in [0.25, 0.3) is 5.91 Å². The SMILES string of the molecule is CC(NC(=O)c1ccc(-c2ccc(F)cc2)o1)C12CC3CC(CC(C3)C1)C2. The van der Waals surface area contributed by atoms with Gasteiger partial charge in [-0.2, -0.15) is 0 Å². The molecule has 1 heterocycles. The molecule has 6 rings (SSSR count). The van der Waals surface area contributed by atoms with Crippen LogP contribution in [0.2, 0.25) is 0 Å². The van der Waals surface area contributed by atoms with Crippen molar-refractivity contribution in [3.8, 4) is 11.3 Å². The van der Waals surface area contributed by atoms with E-state index >= 15 is 0 Å². The Morgan fingerprint density at radius 2 is 1.63 bits per heavy atom. The van der Waals surface area contributed by atoms with E-state index < -0.39 is 0 Å². The smallest absolute Gasteiger partial charge is 0.287 e. The van der Waals surface area contributed by atoms with Crippen LogP contribution in [0.4, 0.5) is 4.39 Å². The molecule has 0 saturated heterocycles. The molecule has 27 heavy (non-hydrogen) atoms. The molecule has 142 valence electrons. The lowest BCUT2D eigenvalue weighted by atomic mass is 9.48. The van der Waals surface area contributed by atoms with Crippen molar-refractivity contribution in [1.82, 2.24) is 5.32 Å². The normalized spacial score (nSPS) is 32.4. The van der Waals surface area contributed by atoms with Crippen molar-refractivity contribution in [2.24, 2.45) is 23.2 Å². The minimum absolute atomic E-state index is 0.147. The van der Waals surface area contributed by atoms with Crippen LogP contribution < -0.4 is 5.32 Å². The monoisotopic (exact) mass is 367 g/mol. The Morgan fingerprint density at radius 1 is 1.04 bits per heavy atom. The van der Waals surface area contributed by atoms with Gasteiger partial charge in [0.2, 0.25) is 0 Å². The van der Waals surface area contributed by atoms with Gasteiger partial charge in [0.15, 0.2) is 5.76 Å². The summed E-state index contributed by atoms with van der Waals surface area (Å²) in [5.41, 5.74) is 1.04. The molecule has 4 bridgehead atoms. The molecule has 2 aromatic rings. The third-order valence-corrected chi connectivity index (χ3v) is 7.31. The van der Waals surface area contributed by atoms with E-state index in [1.165, 1.54) is 50.7 Å². The topological polar surface area (TPSA) is 42.2 Å². The van der Waals surface area contributed by atoms with E-state index in [2.05, 4.69) is 12.2 Å². The van der Waals surface area contributed by atoms with Crippen molar-refractivity contribution < 1.29 is 13.6 Å². The summed E-state index contributed by atoms with van der Waals surface area (Å²) in [6, 6.07) is 9.76. The summed E-state index contributed by atoms with van der Waals surface area (Å²) in [5.74, 6) is 3.07. The fourth-order valence-corrected chi connectivity index (χ4v) is 6.36. The fraction of sp³-hybridized carbons (Fsp3) is 0.522. The first-order valence-electron chi connectivity index (χ1n) is 10.2. The van der Waals surface area contributed by atoms with Gasteiger partial charge in [-0.3, -0.25) is 4.79 Å². The van der Waals surface area contributed by atoms with Gasteiger partial charge in [-0.1, -0.05) is 0 Å². The van der Waals surface area contributed by atoms with Crippen LogP contribution in [0.15, 0.2) is 40.8 Å². The van der Waals surface area contributed by atoms with Crippen molar-refractivity contribution in [3.05, 3.63) is 48.0 Å². The lowest BCUT2D eigenvalue weighted by Gasteiger charge is -2.59. The molecule has 4 heteroatoms. The zero-order valence-corrected chi connectivity index (χ0v) is 15.7. The van der Waals surface area contributed by atoms with E-state index in [0.717, 1.165) is 23.3 Å². The molecule has 1 unspecified atom stereocenters. The van der Waals surface area contributed by atoms with Gasteiger partial charge in [-0.05, 0) is 105 Å². The van der Waals surface area contributed by atoms with E-state index in [9.17, 15) is 9.18 Å². The van der Waals surface area contributed by atoms with E-state index in [1.54, 1.807) is 24.3 Å². The number of carbonyl (C=O) groups excluding carboxylic acids is 1. The average Bonchev–Trinajstić information content (AvgIpc) is 3.11. The lowest BCUT2D eigenvalue weighted by molar-refractivity contribution is -0.0688. The van der Waals surface area contributed by atoms with Gasteiger partial charge in [0.05, 0.1) is 0 Å². The maximum atomic E-state index is 13.1. The molecule has 1 amide bonds. The van der Waals surface area contributed by atoms with Gasteiger partial charge < -0.3 is 9.73 Å². The van der Waals surface area contributed by atoms with Crippen LogP contribution in [-0.4, -0.2) is 11.9 Å². The van der Waals surface area contributed by atoms with Gasteiger partial charge in [-0.25, -0.2) is 4.39 Å². The highest BCUT2D eigenvalue weighted by Gasteiger charge is 2.53. The summed E-state index contributed by atoms with van der Waals surface area (Å²) in [5, 5.41) is 3.23. The third-order valence-electron chi connectivity index (χ3n) is 7.31. The van der Waals surface area contributed by atoms with Crippen LogP contribution in [0.1, 0.15) is 56.0 Å². The van der Waals surface area contributed by atoms with E-state index in [1.807, 2.05) is 0 Å².